The number of nitrogens with zero attached hydrogens (tertiary/aromatic N) is 1. The van der Waals surface area contributed by atoms with Crippen LogP contribution >= 0.6 is 0 Å². The number of allylic oxidation sites excluding steroid dienone is 2. The van der Waals surface area contributed by atoms with E-state index in [0.717, 1.165) is 29.1 Å². The zero-order valence-corrected chi connectivity index (χ0v) is 16.3. The second-order valence-corrected chi connectivity index (χ2v) is 9.00. The zero-order valence-electron chi connectivity index (χ0n) is 15.5. The minimum Gasteiger partial charge on any atom is -0.375 e. The topological polar surface area (TPSA) is 53.2 Å². The number of sulfone groups is 1. The second-order valence-electron chi connectivity index (χ2n) is 6.89. The van der Waals surface area contributed by atoms with Gasteiger partial charge in [0.25, 0.3) is 0 Å². The van der Waals surface area contributed by atoms with E-state index >= 15 is 0 Å². The van der Waals surface area contributed by atoms with Crippen molar-refractivity contribution in [3.8, 4) is 0 Å². The van der Waals surface area contributed by atoms with Crippen LogP contribution in [0.1, 0.15) is 19.8 Å². The number of hydrogen-bond acceptors (Lipinski definition) is 3. The van der Waals surface area contributed by atoms with Gasteiger partial charge in [-0.3, -0.25) is 0 Å². The molecule has 0 saturated heterocycles. The van der Waals surface area contributed by atoms with E-state index < -0.39 is 27.5 Å². The summed E-state index contributed by atoms with van der Waals surface area (Å²) >= 11 is 0. The first-order chi connectivity index (χ1) is 12.5. The highest BCUT2D eigenvalue weighted by atomic mass is 32.2. The molecule has 0 amide bonds. The molecule has 4 nitrogen and oxygen atoms in total. The standard InChI is InChI=1S/C19H25F3N2O2S/c1-4-6-18-17(8-9-23-18)14(2)24(3)16-11-15(12-16)7-5-10-27(25,26)13-19(20,21)22/h4-9,15-16,23H,1,10-13H2,2-3H3/b7-5+,17-14+,18-6+. The molecular weight excluding hydrogens is 377 g/mol. The van der Waals surface area contributed by atoms with E-state index in [2.05, 4.69) is 16.5 Å². The molecule has 1 fully saturated rings. The lowest BCUT2D eigenvalue weighted by molar-refractivity contribution is -0.106. The van der Waals surface area contributed by atoms with Gasteiger partial charge in [0.1, 0.15) is 5.75 Å². The number of halogens is 3. The van der Waals surface area contributed by atoms with E-state index in [1.165, 1.54) is 6.08 Å². The van der Waals surface area contributed by atoms with Gasteiger partial charge in [-0.15, -0.1) is 0 Å². The van der Waals surface area contributed by atoms with Gasteiger partial charge in [-0.1, -0.05) is 24.8 Å². The van der Waals surface area contributed by atoms with Gasteiger partial charge in [-0.25, -0.2) is 8.42 Å². The van der Waals surface area contributed by atoms with Gasteiger partial charge >= 0.3 is 6.18 Å². The summed E-state index contributed by atoms with van der Waals surface area (Å²) in [6.07, 6.45) is 5.56. The predicted octanol–water partition coefficient (Wildman–Crippen LogP) is 2.35. The third kappa shape index (κ3) is 6.02. The highest BCUT2D eigenvalue weighted by molar-refractivity contribution is 7.91. The highest BCUT2D eigenvalue weighted by Gasteiger charge is 2.35. The Morgan fingerprint density at radius 1 is 1.41 bits per heavy atom. The molecule has 27 heavy (non-hydrogen) atoms. The van der Waals surface area contributed by atoms with Crippen molar-refractivity contribution in [3.63, 3.8) is 0 Å². The van der Waals surface area contributed by atoms with Crippen molar-refractivity contribution in [1.29, 1.82) is 0 Å². The maximum absolute atomic E-state index is 12.2. The summed E-state index contributed by atoms with van der Waals surface area (Å²) < 4.78 is 59.4. The Hall–Kier alpha value is -1.96. The maximum atomic E-state index is 12.2. The average molecular weight is 402 g/mol. The smallest absolute Gasteiger partial charge is 0.375 e. The summed E-state index contributed by atoms with van der Waals surface area (Å²) in [5, 5.41) is 2.08. The van der Waals surface area contributed by atoms with Crippen molar-refractivity contribution in [2.45, 2.75) is 32.0 Å². The van der Waals surface area contributed by atoms with E-state index in [-0.39, 0.29) is 5.92 Å². The molecule has 0 aromatic carbocycles. The van der Waals surface area contributed by atoms with Crippen molar-refractivity contribution < 1.29 is 21.6 Å². The van der Waals surface area contributed by atoms with Gasteiger partial charge in [0.15, 0.2) is 9.84 Å². The Kier molecular flexibility index (Phi) is 6.62. The largest absolute Gasteiger partial charge is 0.402 e. The Labute approximate surface area is 157 Å². The maximum Gasteiger partial charge on any atom is 0.402 e. The Bertz CT molecular complexity index is 907. The van der Waals surface area contributed by atoms with Crippen LogP contribution in [0, 0.1) is 5.92 Å². The molecular formula is C19H25F3N2O2S. The Balaban J connectivity index is 1.93. The number of nitrogens with one attached hydrogen (secondary N) is 1. The summed E-state index contributed by atoms with van der Waals surface area (Å²) in [6, 6.07) is 2.32. The molecule has 150 valence electrons. The lowest BCUT2D eigenvalue weighted by Gasteiger charge is -2.41. The van der Waals surface area contributed by atoms with Crippen LogP contribution in [0.5, 0.6) is 0 Å². The van der Waals surface area contributed by atoms with E-state index in [1.54, 1.807) is 12.2 Å². The Morgan fingerprint density at radius 3 is 2.67 bits per heavy atom. The molecule has 0 bridgehead atoms. The molecule has 0 aliphatic heterocycles. The summed E-state index contributed by atoms with van der Waals surface area (Å²) in [5.41, 5.74) is 1.12. The van der Waals surface area contributed by atoms with Gasteiger partial charge in [-0.2, -0.15) is 13.2 Å². The molecule has 1 aliphatic rings. The van der Waals surface area contributed by atoms with Crippen LogP contribution in [0.3, 0.4) is 0 Å². The van der Waals surface area contributed by atoms with Crippen LogP contribution < -0.4 is 10.6 Å². The molecule has 1 saturated carbocycles. The summed E-state index contributed by atoms with van der Waals surface area (Å²) in [5.74, 6) is -2.15. The lowest BCUT2D eigenvalue weighted by atomic mass is 9.79. The molecule has 1 N–H and O–H groups in total. The summed E-state index contributed by atoms with van der Waals surface area (Å²) in [7, 11) is -2.13. The number of H-pyrrole nitrogens is 1. The van der Waals surface area contributed by atoms with Crippen molar-refractivity contribution in [3.05, 3.63) is 47.6 Å². The first-order valence-corrected chi connectivity index (χ1v) is 10.5. The van der Waals surface area contributed by atoms with E-state index in [4.69, 9.17) is 0 Å². The number of aromatic amines is 1. The fraction of sp³-hybridized carbons (Fsp3) is 0.474. The molecule has 1 heterocycles. The lowest BCUT2D eigenvalue weighted by Crippen LogP contribution is -2.43. The first kappa shape index (κ1) is 21.3. The normalized spacial score (nSPS) is 22.6. The van der Waals surface area contributed by atoms with Gasteiger partial charge < -0.3 is 9.88 Å². The van der Waals surface area contributed by atoms with Crippen LogP contribution in [0.2, 0.25) is 0 Å². The van der Waals surface area contributed by atoms with Gasteiger partial charge in [0.2, 0.25) is 0 Å². The number of alkyl halides is 3. The SMILES string of the molecule is C=C/C=c1/[nH]cc/c1=C(/C)N(C)C1CC(/C=C/CS(=O)(=O)CC(F)(F)F)C1. The zero-order chi connectivity index (χ0) is 20.2. The minimum atomic E-state index is -4.69. The second kappa shape index (κ2) is 8.37. The number of rotatable bonds is 7. The van der Waals surface area contributed by atoms with Gasteiger partial charge in [0.05, 0.1) is 5.75 Å². The third-order valence-corrected chi connectivity index (χ3v) is 6.29. The molecule has 1 aromatic heterocycles. The molecule has 2 rings (SSSR count). The highest BCUT2D eigenvalue weighted by Crippen LogP contribution is 2.33. The van der Waals surface area contributed by atoms with E-state index in [0.29, 0.717) is 6.04 Å². The van der Waals surface area contributed by atoms with Crippen molar-refractivity contribution in [2.24, 2.45) is 5.92 Å². The van der Waals surface area contributed by atoms with Crippen molar-refractivity contribution in [2.75, 3.05) is 18.6 Å². The Morgan fingerprint density at radius 2 is 2.07 bits per heavy atom. The molecule has 1 aromatic rings. The minimum absolute atomic E-state index is 0.191. The molecule has 0 radical (unpaired) electrons. The van der Waals surface area contributed by atoms with Crippen LogP contribution in [-0.2, 0) is 9.84 Å². The molecule has 0 atom stereocenters. The number of aromatic nitrogens is 1. The van der Waals surface area contributed by atoms with E-state index in [1.807, 2.05) is 32.3 Å². The van der Waals surface area contributed by atoms with Gasteiger partial charge in [-0.05, 0) is 37.8 Å². The third-order valence-electron chi connectivity index (χ3n) is 4.82. The fourth-order valence-electron chi connectivity index (χ4n) is 3.22. The van der Waals surface area contributed by atoms with Crippen molar-refractivity contribution >= 4 is 21.6 Å². The van der Waals surface area contributed by atoms with Crippen LogP contribution in [0.4, 0.5) is 13.2 Å². The van der Waals surface area contributed by atoms with Crippen LogP contribution in [0.25, 0.3) is 11.8 Å². The van der Waals surface area contributed by atoms with Crippen LogP contribution in [0.15, 0.2) is 37.1 Å². The summed E-state index contributed by atoms with van der Waals surface area (Å²) in [6.45, 7) is 5.75. The van der Waals surface area contributed by atoms with Crippen LogP contribution in [-0.4, -0.2) is 49.1 Å². The quantitative estimate of drug-likeness (QED) is 0.713. The van der Waals surface area contributed by atoms with Gasteiger partial charge in [0, 0.05) is 35.6 Å². The van der Waals surface area contributed by atoms with E-state index in [9.17, 15) is 21.6 Å². The predicted molar refractivity (Wildman–Crippen MR) is 102 cm³/mol. The first-order valence-electron chi connectivity index (χ1n) is 8.66. The fourth-order valence-corrected chi connectivity index (χ4v) is 4.24. The summed E-state index contributed by atoms with van der Waals surface area (Å²) in [4.78, 5) is 5.35. The average Bonchev–Trinajstić information content (AvgIpc) is 2.94. The molecule has 1 aliphatic carbocycles. The molecule has 8 heteroatoms. The monoisotopic (exact) mass is 402 g/mol. The number of hydrogen-bond donors (Lipinski definition) is 1. The molecule has 0 spiro atoms. The molecule has 0 unspecified atom stereocenters. The van der Waals surface area contributed by atoms with Crippen molar-refractivity contribution in [1.82, 2.24) is 9.88 Å².